The van der Waals surface area contributed by atoms with E-state index >= 15 is 0 Å². The molecular formula is C10H13ClFN3. The van der Waals surface area contributed by atoms with Gasteiger partial charge in [0.05, 0.1) is 12.2 Å². The quantitative estimate of drug-likeness (QED) is 0.728. The lowest BCUT2D eigenvalue weighted by Crippen LogP contribution is -2.20. The summed E-state index contributed by atoms with van der Waals surface area (Å²) < 4.78 is 13.2. The molecule has 0 radical (unpaired) electrons. The second-order valence-electron chi connectivity index (χ2n) is 3.81. The van der Waals surface area contributed by atoms with E-state index in [1.165, 1.54) is 12.8 Å². The zero-order valence-electron chi connectivity index (χ0n) is 8.63. The molecule has 0 atom stereocenters. The molecule has 0 aliphatic carbocycles. The van der Waals surface area contributed by atoms with Crippen LogP contribution in [0.2, 0.25) is 5.15 Å². The Balaban J connectivity index is 2.14. The molecule has 82 valence electrons. The first-order chi connectivity index (χ1) is 7.16. The Kier molecular flexibility index (Phi) is 3.17. The predicted molar refractivity (Wildman–Crippen MR) is 56.2 cm³/mol. The normalized spacial score (nSPS) is 17.3. The molecule has 0 saturated carbocycles. The number of likely N-dealkylation sites (tertiary alicyclic amines) is 1. The molecule has 1 aromatic rings. The minimum Gasteiger partial charge on any atom is -0.296 e. The number of hydrogen-bond donors (Lipinski definition) is 0. The smallest absolute Gasteiger partial charge is 0.181 e. The summed E-state index contributed by atoms with van der Waals surface area (Å²) in [4.78, 5) is 10.3. The molecule has 1 aliphatic rings. The first kappa shape index (κ1) is 10.8. The number of rotatable bonds is 2. The number of aromatic nitrogens is 2. The van der Waals surface area contributed by atoms with Gasteiger partial charge < -0.3 is 0 Å². The highest BCUT2D eigenvalue weighted by molar-refractivity contribution is 6.29. The lowest BCUT2D eigenvalue weighted by atomic mass is 10.4. The van der Waals surface area contributed by atoms with Crippen molar-refractivity contribution >= 4 is 11.6 Å². The van der Waals surface area contributed by atoms with E-state index in [1.807, 2.05) is 0 Å². The summed E-state index contributed by atoms with van der Waals surface area (Å²) in [5.74, 6) is 0.0997. The Labute approximate surface area is 93.3 Å². The van der Waals surface area contributed by atoms with Crippen LogP contribution in [-0.4, -0.2) is 28.0 Å². The number of aryl methyl sites for hydroxylation is 1. The Morgan fingerprint density at radius 1 is 1.33 bits per heavy atom. The van der Waals surface area contributed by atoms with Crippen molar-refractivity contribution < 1.29 is 4.39 Å². The van der Waals surface area contributed by atoms with Crippen LogP contribution in [0.15, 0.2) is 0 Å². The van der Waals surface area contributed by atoms with Crippen LogP contribution in [-0.2, 0) is 6.54 Å². The highest BCUT2D eigenvalue weighted by Gasteiger charge is 2.15. The third kappa shape index (κ3) is 2.44. The Morgan fingerprint density at radius 3 is 2.60 bits per heavy atom. The maximum atomic E-state index is 13.2. The summed E-state index contributed by atoms with van der Waals surface area (Å²) in [5, 5.41) is -0.0725. The van der Waals surface area contributed by atoms with E-state index in [-0.39, 0.29) is 5.15 Å². The molecule has 0 N–H and O–H groups in total. The minimum atomic E-state index is -0.512. The van der Waals surface area contributed by atoms with E-state index in [4.69, 9.17) is 11.6 Å². The molecule has 0 amide bonds. The first-order valence-corrected chi connectivity index (χ1v) is 5.45. The number of halogens is 2. The largest absolute Gasteiger partial charge is 0.296 e. The molecule has 0 unspecified atom stereocenters. The van der Waals surface area contributed by atoms with Crippen molar-refractivity contribution in [1.29, 1.82) is 0 Å². The van der Waals surface area contributed by atoms with Crippen molar-refractivity contribution in [2.45, 2.75) is 26.3 Å². The van der Waals surface area contributed by atoms with Crippen molar-refractivity contribution in [1.82, 2.24) is 14.9 Å². The van der Waals surface area contributed by atoms with Crippen LogP contribution in [0.1, 0.15) is 24.4 Å². The standard InChI is InChI=1S/C10H13ClFN3/c1-7-9(12)10(11)14-8(13-7)6-15-4-2-3-5-15/h2-6H2,1H3. The van der Waals surface area contributed by atoms with Crippen LogP contribution in [0.4, 0.5) is 4.39 Å². The van der Waals surface area contributed by atoms with Gasteiger partial charge in [0.2, 0.25) is 0 Å². The topological polar surface area (TPSA) is 29.0 Å². The Morgan fingerprint density at radius 2 is 2.00 bits per heavy atom. The van der Waals surface area contributed by atoms with E-state index in [0.29, 0.717) is 18.1 Å². The molecule has 15 heavy (non-hydrogen) atoms. The molecule has 3 nitrogen and oxygen atoms in total. The molecule has 2 rings (SSSR count). The zero-order valence-corrected chi connectivity index (χ0v) is 9.39. The molecule has 5 heteroatoms. The van der Waals surface area contributed by atoms with Gasteiger partial charge in [-0.05, 0) is 32.9 Å². The fourth-order valence-corrected chi connectivity index (χ4v) is 2.03. The number of nitrogens with zero attached hydrogens (tertiary/aromatic N) is 3. The van der Waals surface area contributed by atoms with Gasteiger partial charge in [0.1, 0.15) is 5.82 Å². The Hall–Kier alpha value is -0.740. The van der Waals surface area contributed by atoms with Crippen LogP contribution in [0, 0.1) is 12.7 Å². The first-order valence-electron chi connectivity index (χ1n) is 5.07. The third-order valence-corrected chi connectivity index (χ3v) is 2.84. The third-order valence-electron chi connectivity index (χ3n) is 2.59. The molecule has 1 aliphatic heterocycles. The van der Waals surface area contributed by atoms with Crippen molar-refractivity contribution in [3.63, 3.8) is 0 Å². The van der Waals surface area contributed by atoms with Crippen LogP contribution in [0.3, 0.4) is 0 Å². The second kappa shape index (κ2) is 4.41. The van der Waals surface area contributed by atoms with E-state index in [2.05, 4.69) is 14.9 Å². The summed E-state index contributed by atoms with van der Waals surface area (Å²) in [6, 6.07) is 0. The van der Waals surface area contributed by atoms with E-state index < -0.39 is 5.82 Å². The van der Waals surface area contributed by atoms with Crippen molar-refractivity contribution in [3.8, 4) is 0 Å². The highest BCUT2D eigenvalue weighted by Crippen LogP contribution is 2.16. The Bertz CT molecular complexity index is 341. The fourth-order valence-electron chi connectivity index (χ4n) is 1.79. The lowest BCUT2D eigenvalue weighted by Gasteiger charge is -2.13. The van der Waals surface area contributed by atoms with Gasteiger partial charge >= 0.3 is 0 Å². The average Bonchev–Trinajstić information content (AvgIpc) is 2.66. The summed E-state index contributed by atoms with van der Waals surface area (Å²) in [7, 11) is 0. The summed E-state index contributed by atoms with van der Waals surface area (Å²) in [6.07, 6.45) is 2.43. The maximum absolute atomic E-state index is 13.2. The van der Waals surface area contributed by atoms with Crippen LogP contribution in [0.25, 0.3) is 0 Å². The SMILES string of the molecule is Cc1nc(CN2CCCC2)nc(Cl)c1F. The molecule has 1 aromatic heterocycles. The van der Waals surface area contributed by atoms with Crippen molar-refractivity contribution in [2.24, 2.45) is 0 Å². The molecule has 1 saturated heterocycles. The zero-order chi connectivity index (χ0) is 10.8. The summed E-state index contributed by atoms with van der Waals surface area (Å²) in [6.45, 7) is 4.41. The van der Waals surface area contributed by atoms with E-state index in [9.17, 15) is 4.39 Å². The van der Waals surface area contributed by atoms with Crippen molar-refractivity contribution in [2.75, 3.05) is 13.1 Å². The van der Waals surface area contributed by atoms with Gasteiger partial charge in [0.25, 0.3) is 0 Å². The van der Waals surface area contributed by atoms with E-state index in [1.54, 1.807) is 6.92 Å². The predicted octanol–water partition coefficient (Wildman–Crippen LogP) is 2.17. The molecule has 0 bridgehead atoms. The molecule has 1 fully saturated rings. The number of hydrogen-bond acceptors (Lipinski definition) is 3. The molecule has 2 heterocycles. The van der Waals surface area contributed by atoms with E-state index in [0.717, 1.165) is 13.1 Å². The molecule has 0 spiro atoms. The van der Waals surface area contributed by atoms with Gasteiger partial charge in [-0.2, -0.15) is 0 Å². The van der Waals surface area contributed by atoms with Gasteiger partial charge in [0.15, 0.2) is 11.0 Å². The molecule has 0 aromatic carbocycles. The van der Waals surface area contributed by atoms with Crippen LogP contribution >= 0.6 is 11.6 Å². The van der Waals surface area contributed by atoms with Gasteiger partial charge in [-0.1, -0.05) is 11.6 Å². The van der Waals surface area contributed by atoms with Crippen molar-refractivity contribution in [3.05, 3.63) is 22.5 Å². The van der Waals surface area contributed by atoms with Crippen LogP contribution < -0.4 is 0 Å². The molecular weight excluding hydrogens is 217 g/mol. The summed E-state index contributed by atoms with van der Waals surface area (Å²) in [5.41, 5.74) is 0.323. The van der Waals surface area contributed by atoms with Gasteiger partial charge in [-0.3, -0.25) is 4.90 Å². The summed E-state index contributed by atoms with van der Waals surface area (Å²) >= 11 is 5.66. The van der Waals surface area contributed by atoms with Gasteiger partial charge in [-0.25, -0.2) is 14.4 Å². The fraction of sp³-hybridized carbons (Fsp3) is 0.600. The highest BCUT2D eigenvalue weighted by atomic mass is 35.5. The van der Waals surface area contributed by atoms with Gasteiger partial charge in [0, 0.05) is 0 Å². The second-order valence-corrected chi connectivity index (χ2v) is 4.17. The monoisotopic (exact) mass is 229 g/mol. The average molecular weight is 230 g/mol. The van der Waals surface area contributed by atoms with Gasteiger partial charge in [-0.15, -0.1) is 0 Å². The van der Waals surface area contributed by atoms with Crippen LogP contribution in [0.5, 0.6) is 0 Å². The maximum Gasteiger partial charge on any atom is 0.181 e. The lowest BCUT2D eigenvalue weighted by molar-refractivity contribution is 0.321. The minimum absolute atomic E-state index is 0.0725.